The Labute approximate surface area is 228 Å². The van der Waals surface area contributed by atoms with E-state index in [9.17, 15) is 26.7 Å². The van der Waals surface area contributed by atoms with Crippen LogP contribution < -0.4 is 9.75 Å². The lowest BCUT2D eigenvalue weighted by Gasteiger charge is -2.15. The van der Waals surface area contributed by atoms with E-state index < -0.39 is 40.7 Å². The molecule has 0 N–H and O–H groups in total. The summed E-state index contributed by atoms with van der Waals surface area (Å²) in [5.41, 5.74) is -0.239. The third-order valence-corrected chi connectivity index (χ3v) is 6.88. The second-order valence-corrected chi connectivity index (χ2v) is 9.90. The highest BCUT2D eigenvalue weighted by Gasteiger charge is 2.37. The first-order valence-electron chi connectivity index (χ1n) is 9.99. The molecule has 0 fully saturated rings. The van der Waals surface area contributed by atoms with Crippen molar-refractivity contribution < 1.29 is 31.5 Å². The molecule has 1 heterocycles. The number of carbonyl (C=O) groups is 1. The van der Waals surface area contributed by atoms with Crippen LogP contribution in [0.15, 0.2) is 51.5 Å². The Balaban J connectivity index is 1.64. The molecule has 1 aliphatic heterocycles. The van der Waals surface area contributed by atoms with E-state index in [0.29, 0.717) is 24.4 Å². The molecule has 3 aromatic carbocycles. The Morgan fingerprint density at radius 3 is 2.28 bits per heavy atom. The molecular weight excluding hydrogens is 686 g/mol. The summed E-state index contributed by atoms with van der Waals surface area (Å²) in [7, 11) is 0. The summed E-state index contributed by atoms with van der Waals surface area (Å²) in [4.78, 5) is 12.9. The maximum atomic E-state index is 14.2. The smallest absolute Gasteiger partial charge is 0.280 e. The zero-order valence-electron chi connectivity index (χ0n) is 18.0. The van der Waals surface area contributed by atoms with Crippen LogP contribution in [0.4, 0.5) is 27.6 Å². The molecule has 0 aliphatic carbocycles. The van der Waals surface area contributed by atoms with Crippen molar-refractivity contribution in [2.24, 2.45) is 5.10 Å². The number of ether oxygens (including phenoxy) is 1. The molecule has 4 nitrogen and oxygen atoms in total. The lowest BCUT2D eigenvalue weighted by atomic mass is 10.1. The quantitative estimate of drug-likeness (QED) is 0.0899. The molecule has 36 heavy (non-hydrogen) atoms. The predicted molar refractivity (Wildman–Crippen MR) is 137 cm³/mol. The zero-order chi connectivity index (χ0) is 26.3. The molecule has 0 saturated heterocycles. The van der Waals surface area contributed by atoms with E-state index in [1.54, 1.807) is 24.3 Å². The maximum Gasteiger partial charge on any atom is 0.280 e. The van der Waals surface area contributed by atoms with Crippen LogP contribution in [-0.4, -0.2) is 11.6 Å². The van der Waals surface area contributed by atoms with Gasteiger partial charge in [-0.05, 0) is 75.3 Å². The third kappa shape index (κ3) is 4.88. The average Bonchev–Trinajstić information content (AvgIpc) is 3.10. The van der Waals surface area contributed by atoms with Gasteiger partial charge in [-0.2, -0.15) is 10.1 Å². The average molecular weight is 698 g/mol. The molecule has 0 saturated carbocycles. The highest BCUT2D eigenvalue weighted by atomic mass is 127. The van der Waals surface area contributed by atoms with Crippen molar-refractivity contribution in [1.29, 1.82) is 0 Å². The molecule has 0 bridgehead atoms. The topological polar surface area (TPSA) is 41.9 Å². The van der Waals surface area contributed by atoms with Gasteiger partial charge in [0.25, 0.3) is 5.91 Å². The Morgan fingerprint density at radius 2 is 1.67 bits per heavy atom. The highest BCUT2D eigenvalue weighted by Crippen LogP contribution is 2.36. The Morgan fingerprint density at radius 1 is 1.06 bits per heavy atom. The van der Waals surface area contributed by atoms with Crippen LogP contribution in [0.5, 0.6) is 5.75 Å². The van der Waals surface area contributed by atoms with Gasteiger partial charge in [0.2, 0.25) is 5.82 Å². The number of benzene rings is 3. The maximum absolute atomic E-state index is 14.2. The summed E-state index contributed by atoms with van der Waals surface area (Å²) in [5, 5.41) is 4.45. The fourth-order valence-electron chi connectivity index (χ4n) is 3.35. The number of carbonyl (C=O) groups excluding carboxylic acids is 1. The molecule has 12 heteroatoms. The van der Waals surface area contributed by atoms with Gasteiger partial charge < -0.3 is 4.74 Å². The second kappa shape index (κ2) is 10.5. The van der Waals surface area contributed by atoms with E-state index in [1.165, 1.54) is 13.0 Å². The molecule has 1 aliphatic rings. The number of nitrogens with zero attached hydrogens (tertiary/aromatic N) is 2. The second-order valence-electron chi connectivity index (χ2n) is 7.47. The van der Waals surface area contributed by atoms with E-state index in [0.717, 1.165) is 5.56 Å². The lowest BCUT2D eigenvalue weighted by molar-refractivity contribution is -0.114. The molecule has 0 unspecified atom stereocenters. The van der Waals surface area contributed by atoms with Gasteiger partial charge in [-0.3, -0.25) is 4.79 Å². The number of halogens is 8. The minimum Gasteiger partial charge on any atom is -0.487 e. The summed E-state index contributed by atoms with van der Waals surface area (Å²) in [6.45, 7) is 1.58. The van der Waals surface area contributed by atoms with Crippen molar-refractivity contribution in [2.75, 3.05) is 5.01 Å². The van der Waals surface area contributed by atoms with Crippen LogP contribution in [0.3, 0.4) is 0 Å². The minimum absolute atomic E-state index is 0.0223. The van der Waals surface area contributed by atoms with Gasteiger partial charge in [0, 0.05) is 10.6 Å². The number of hydrogen-bond acceptors (Lipinski definition) is 3. The summed E-state index contributed by atoms with van der Waals surface area (Å²) in [6.07, 6.45) is 1.39. The minimum atomic E-state index is -2.33. The molecular formula is C24H12BrClF5IN2O2. The molecule has 1 amide bonds. The Bertz CT molecular complexity index is 1430. The van der Waals surface area contributed by atoms with Crippen LogP contribution in [0.1, 0.15) is 18.1 Å². The van der Waals surface area contributed by atoms with Crippen molar-refractivity contribution in [2.45, 2.75) is 13.5 Å². The Kier molecular flexibility index (Phi) is 7.72. The SMILES string of the molecule is CC1=NN(c2c(F)c(F)c(F)c(F)c2F)C(=O)/C1=C/c1cc(Br)c(OCc2ccccc2Cl)c(I)c1. The summed E-state index contributed by atoms with van der Waals surface area (Å²) in [6, 6.07) is 10.5. The van der Waals surface area contributed by atoms with Crippen molar-refractivity contribution in [3.8, 4) is 5.75 Å². The molecule has 0 aromatic heterocycles. The van der Waals surface area contributed by atoms with E-state index in [2.05, 4.69) is 21.0 Å². The molecule has 3 aromatic rings. The standard InChI is InChI=1S/C24H12BrClF5IN2O2/c1-10-13(24(35)34(33-10)22-20(30)18(28)17(27)19(29)21(22)31)6-11-7-14(25)23(16(32)8-11)36-9-12-4-2-3-5-15(12)26/h2-8H,9H2,1H3/b13-6+. The van der Waals surface area contributed by atoms with Gasteiger partial charge >= 0.3 is 0 Å². The normalized spacial score (nSPS) is 14.6. The molecule has 0 spiro atoms. The van der Waals surface area contributed by atoms with Gasteiger partial charge in [0.15, 0.2) is 23.3 Å². The Hall–Kier alpha value is -2.51. The molecule has 186 valence electrons. The van der Waals surface area contributed by atoms with E-state index in [4.69, 9.17) is 16.3 Å². The van der Waals surface area contributed by atoms with E-state index in [1.807, 2.05) is 34.7 Å². The van der Waals surface area contributed by atoms with Crippen LogP contribution in [0, 0.1) is 32.7 Å². The molecule has 4 rings (SSSR count). The fraction of sp³-hybridized carbons (Fsp3) is 0.0833. The number of hydrogen-bond donors (Lipinski definition) is 0. The number of rotatable bonds is 5. The van der Waals surface area contributed by atoms with E-state index >= 15 is 0 Å². The van der Waals surface area contributed by atoms with Gasteiger partial charge in [-0.1, -0.05) is 29.8 Å². The predicted octanol–water partition coefficient (Wildman–Crippen LogP) is 7.79. The van der Waals surface area contributed by atoms with Crippen molar-refractivity contribution in [3.63, 3.8) is 0 Å². The zero-order valence-corrected chi connectivity index (χ0v) is 22.5. The van der Waals surface area contributed by atoms with Gasteiger partial charge in [0.05, 0.1) is 19.3 Å². The first kappa shape index (κ1) is 26.6. The summed E-state index contributed by atoms with van der Waals surface area (Å²) >= 11 is 11.6. The van der Waals surface area contributed by atoms with Crippen molar-refractivity contribution >= 4 is 73.5 Å². The fourth-order valence-corrected chi connectivity index (χ4v) is 5.31. The molecule has 0 radical (unpaired) electrons. The number of anilines is 1. The first-order valence-corrected chi connectivity index (χ1v) is 12.2. The first-order chi connectivity index (χ1) is 17.0. The van der Waals surface area contributed by atoms with Crippen LogP contribution in [0.2, 0.25) is 5.02 Å². The van der Waals surface area contributed by atoms with Crippen molar-refractivity contribution in [1.82, 2.24) is 0 Å². The van der Waals surface area contributed by atoms with Crippen LogP contribution in [-0.2, 0) is 11.4 Å². The van der Waals surface area contributed by atoms with Crippen LogP contribution in [0.25, 0.3) is 6.08 Å². The van der Waals surface area contributed by atoms with Gasteiger partial charge in [-0.25, -0.2) is 22.0 Å². The van der Waals surface area contributed by atoms with Gasteiger partial charge in [0.1, 0.15) is 18.0 Å². The third-order valence-electron chi connectivity index (χ3n) is 5.12. The van der Waals surface area contributed by atoms with Gasteiger partial charge in [-0.15, -0.1) is 0 Å². The largest absolute Gasteiger partial charge is 0.487 e. The number of amides is 1. The highest BCUT2D eigenvalue weighted by molar-refractivity contribution is 14.1. The number of hydrazone groups is 1. The van der Waals surface area contributed by atoms with E-state index in [-0.39, 0.29) is 22.9 Å². The molecule has 0 atom stereocenters. The lowest BCUT2D eigenvalue weighted by Crippen LogP contribution is -2.25. The van der Waals surface area contributed by atoms with Crippen molar-refractivity contribution in [3.05, 3.63) is 95.2 Å². The summed E-state index contributed by atoms with van der Waals surface area (Å²) < 4.78 is 76.3. The monoisotopic (exact) mass is 696 g/mol. The van der Waals surface area contributed by atoms with Crippen LogP contribution >= 0.6 is 50.1 Å². The summed E-state index contributed by atoms with van der Waals surface area (Å²) in [5.74, 6) is -11.5.